The highest BCUT2D eigenvalue weighted by Crippen LogP contribution is 2.78. The highest BCUT2D eigenvalue weighted by atomic mass is 19.4. The van der Waals surface area contributed by atoms with E-state index in [-0.39, 0.29) is 35.4 Å². The Morgan fingerprint density at radius 2 is 1.38 bits per heavy atom. The quantitative estimate of drug-likeness (QED) is 0.357. The van der Waals surface area contributed by atoms with Crippen LogP contribution in [0.25, 0.3) is 0 Å². The molecular weight excluding hydrogens is 433 g/mol. The number of allylic oxidation sites excluding steroid dienone is 4. The Balaban J connectivity index is 1.46. The van der Waals surface area contributed by atoms with Crippen molar-refractivity contribution in [3.05, 3.63) is 95.1 Å². The maximum absolute atomic E-state index is 14.8. The van der Waals surface area contributed by atoms with E-state index in [2.05, 4.69) is 24.3 Å². The van der Waals surface area contributed by atoms with Gasteiger partial charge in [-0.1, -0.05) is 60.7 Å². The highest BCUT2D eigenvalue weighted by molar-refractivity contribution is 6.06. The Bertz CT molecular complexity index is 1250. The molecule has 8 atom stereocenters. The molecule has 7 aliphatic rings. The standard InChI is InChI=1S/C30H25F3O/c31-30(32,33)20-10-11-22-21(14-20)25-23-16-6-8-18(12-16)26(23)29(22,28(34)15-4-2-1-3-5-15)27-19-9-7-17(13-19)24(25)27/h1-11,14,16-19,23-27H,12-13H2. The van der Waals surface area contributed by atoms with E-state index >= 15 is 0 Å². The number of hydrogen-bond donors (Lipinski definition) is 0. The van der Waals surface area contributed by atoms with Crippen LogP contribution in [0.2, 0.25) is 0 Å². The number of rotatable bonds is 2. The lowest BCUT2D eigenvalue weighted by atomic mass is 9.37. The molecule has 6 bridgehead atoms. The number of carbonyl (C=O) groups is 1. The van der Waals surface area contributed by atoms with Crippen LogP contribution in [0.5, 0.6) is 0 Å². The molecule has 0 aliphatic heterocycles. The van der Waals surface area contributed by atoms with Gasteiger partial charge in [0.05, 0.1) is 11.0 Å². The van der Waals surface area contributed by atoms with Crippen molar-refractivity contribution in [2.24, 2.45) is 47.3 Å². The molecule has 2 aromatic carbocycles. The van der Waals surface area contributed by atoms with Gasteiger partial charge in [0.25, 0.3) is 0 Å². The van der Waals surface area contributed by atoms with Crippen LogP contribution in [-0.2, 0) is 11.6 Å². The Kier molecular flexibility index (Phi) is 3.55. The smallest absolute Gasteiger partial charge is 0.293 e. The highest BCUT2D eigenvalue weighted by Gasteiger charge is 2.75. The molecule has 4 heteroatoms. The fourth-order valence-electron chi connectivity index (χ4n) is 9.88. The third-order valence-electron chi connectivity index (χ3n) is 10.5. The fourth-order valence-corrected chi connectivity index (χ4v) is 9.88. The van der Waals surface area contributed by atoms with E-state index in [4.69, 9.17) is 0 Å². The van der Waals surface area contributed by atoms with Gasteiger partial charge in [0.15, 0.2) is 5.78 Å². The molecule has 0 amide bonds. The average molecular weight is 459 g/mol. The van der Waals surface area contributed by atoms with Gasteiger partial charge in [-0.2, -0.15) is 13.2 Å². The second kappa shape index (κ2) is 6.13. The lowest BCUT2D eigenvalue weighted by Gasteiger charge is -2.64. The normalized spacial score (nSPS) is 43.8. The van der Waals surface area contributed by atoms with E-state index in [0.717, 1.165) is 24.0 Å². The molecule has 172 valence electrons. The average Bonchev–Trinajstić information content (AvgIpc) is 3.65. The monoisotopic (exact) mass is 458 g/mol. The molecule has 34 heavy (non-hydrogen) atoms. The summed E-state index contributed by atoms with van der Waals surface area (Å²) in [7, 11) is 0. The number of Topliss-reactive ketones (excluding diaryl/α,β-unsaturated/α-hetero) is 1. The summed E-state index contributed by atoms with van der Waals surface area (Å²) in [5.74, 6) is 2.53. The minimum Gasteiger partial charge on any atom is -0.293 e. The molecule has 0 saturated heterocycles. The van der Waals surface area contributed by atoms with Gasteiger partial charge in [0, 0.05) is 5.56 Å². The van der Waals surface area contributed by atoms with Crippen molar-refractivity contribution in [2.75, 3.05) is 0 Å². The summed E-state index contributed by atoms with van der Waals surface area (Å²) < 4.78 is 41.6. The summed E-state index contributed by atoms with van der Waals surface area (Å²) in [6.07, 6.45) is 6.93. The molecule has 0 spiro atoms. The topological polar surface area (TPSA) is 17.1 Å². The minimum atomic E-state index is -4.38. The zero-order chi connectivity index (χ0) is 23.0. The van der Waals surface area contributed by atoms with Gasteiger partial charge in [-0.25, -0.2) is 0 Å². The van der Waals surface area contributed by atoms with Crippen molar-refractivity contribution in [1.29, 1.82) is 0 Å². The Labute approximate surface area is 196 Å². The Hall–Kier alpha value is -2.62. The van der Waals surface area contributed by atoms with Crippen LogP contribution in [0.15, 0.2) is 72.8 Å². The van der Waals surface area contributed by atoms with Gasteiger partial charge < -0.3 is 0 Å². The molecule has 3 fully saturated rings. The van der Waals surface area contributed by atoms with Crippen LogP contribution in [0, 0.1) is 47.3 Å². The molecule has 2 aromatic rings. The van der Waals surface area contributed by atoms with Gasteiger partial charge >= 0.3 is 6.18 Å². The van der Waals surface area contributed by atoms with E-state index < -0.39 is 17.2 Å². The molecule has 0 heterocycles. The molecule has 0 radical (unpaired) electrons. The Morgan fingerprint density at radius 1 is 0.794 bits per heavy atom. The first-order valence-corrected chi connectivity index (χ1v) is 12.6. The fraction of sp³-hybridized carbons (Fsp3) is 0.433. The van der Waals surface area contributed by atoms with Crippen molar-refractivity contribution >= 4 is 5.78 Å². The lowest BCUT2D eigenvalue weighted by Crippen LogP contribution is -2.65. The first-order chi connectivity index (χ1) is 16.4. The van der Waals surface area contributed by atoms with Gasteiger partial charge in [0.1, 0.15) is 0 Å². The Morgan fingerprint density at radius 3 is 1.97 bits per heavy atom. The molecule has 9 rings (SSSR count). The minimum absolute atomic E-state index is 0.109. The van der Waals surface area contributed by atoms with Crippen molar-refractivity contribution < 1.29 is 18.0 Å². The van der Waals surface area contributed by atoms with E-state index in [0.29, 0.717) is 29.2 Å². The first-order valence-electron chi connectivity index (χ1n) is 12.6. The SMILES string of the molecule is O=C(c1ccccc1)C12c3ccc(C(F)(F)F)cc3C(C3C4C=CC(C4)C31)C1C3C=CC(C3)C12. The molecule has 1 nitrogen and oxygen atoms in total. The third kappa shape index (κ3) is 2.09. The van der Waals surface area contributed by atoms with Crippen molar-refractivity contribution in [1.82, 2.24) is 0 Å². The van der Waals surface area contributed by atoms with Gasteiger partial charge in [0.2, 0.25) is 0 Å². The van der Waals surface area contributed by atoms with Crippen molar-refractivity contribution in [3.8, 4) is 0 Å². The predicted molar refractivity (Wildman–Crippen MR) is 122 cm³/mol. The zero-order valence-corrected chi connectivity index (χ0v) is 18.6. The zero-order valence-electron chi connectivity index (χ0n) is 18.6. The maximum atomic E-state index is 14.8. The van der Waals surface area contributed by atoms with Crippen LogP contribution >= 0.6 is 0 Å². The third-order valence-corrected chi connectivity index (χ3v) is 10.5. The first kappa shape index (κ1) is 19.7. The molecule has 0 aromatic heterocycles. The molecular formula is C30H25F3O. The van der Waals surface area contributed by atoms with Crippen LogP contribution in [0.1, 0.15) is 45.8 Å². The van der Waals surface area contributed by atoms with Crippen LogP contribution in [0.3, 0.4) is 0 Å². The van der Waals surface area contributed by atoms with E-state index in [9.17, 15) is 18.0 Å². The number of benzene rings is 2. The number of carbonyl (C=O) groups excluding carboxylic acids is 1. The van der Waals surface area contributed by atoms with E-state index in [1.54, 1.807) is 6.07 Å². The number of halogens is 3. The van der Waals surface area contributed by atoms with E-state index in [1.807, 2.05) is 30.3 Å². The second-order valence-electron chi connectivity index (χ2n) is 11.5. The van der Waals surface area contributed by atoms with Crippen LogP contribution in [-0.4, -0.2) is 5.78 Å². The summed E-state index contributed by atoms with van der Waals surface area (Å²) in [5.41, 5.74) is 1.10. The summed E-state index contributed by atoms with van der Waals surface area (Å²) >= 11 is 0. The lowest BCUT2D eigenvalue weighted by molar-refractivity contribution is -0.137. The molecule has 7 aliphatic carbocycles. The van der Waals surface area contributed by atoms with Crippen LogP contribution in [0.4, 0.5) is 13.2 Å². The maximum Gasteiger partial charge on any atom is 0.416 e. The van der Waals surface area contributed by atoms with Gasteiger partial charge in [-0.3, -0.25) is 4.79 Å². The largest absolute Gasteiger partial charge is 0.416 e. The number of alkyl halides is 3. The number of hydrogen-bond acceptors (Lipinski definition) is 1. The summed E-state index contributed by atoms with van der Waals surface area (Å²) in [5, 5.41) is 0. The molecule has 0 N–H and O–H groups in total. The number of fused-ring (bicyclic) bond motifs is 4. The second-order valence-corrected chi connectivity index (χ2v) is 11.5. The number of ketones is 1. The van der Waals surface area contributed by atoms with Crippen LogP contribution < -0.4 is 0 Å². The predicted octanol–water partition coefficient (Wildman–Crippen LogP) is 6.81. The summed E-state index contributed by atoms with van der Waals surface area (Å²) in [6.45, 7) is 0. The van der Waals surface area contributed by atoms with Crippen molar-refractivity contribution in [2.45, 2.75) is 30.4 Å². The van der Waals surface area contributed by atoms with Gasteiger partial charge in [-0.05, 0) is 89.4 Å². The molecule has 3 saturated carbocycles. The molecule has 8 unspecified atom stereocenters. The van der Waals surface area contributed by atoms with Gasteiger partial charge in [-0.15, -0.1) is 0 Å². The van der Waals surface area contributed by atoms with E-state index in [1.165, 1.54) is 12.1 Å². The van der Waals surface area contributed by atoms with Crippen molar-refractivity contribution in [3.63, 3.8) is 0 Å². The summed E-state index contributed by atoms with van der Waals surface area (Å²) in [4.78, 5) is 14.8. The summed E-state index contributed by atoms with van der Waals surface area (Å²) in [6, 6.07) is 13.9.